The fourth-order valence-electron chi connectivity index (χ4n) is 1.63. The van der Waals surface area contributed by atoms with Gasteiger partial charge in [0.2, 0.25) is 0 Å². The van der Waals surface area contributed by atoms with Crippen LogP contribution >= 0.6 is 11.6 Å². The van der Waals surface area contributed by atoms with E-state index in [4.69, 9.17) is 21.2 Å². The van der Waals surface area contributed by atoms with Gasteiger partial charge in [0.1, 0.15) is 12.0 Å². The predicted octanol–water partition coefficient (Wildman–Crippen LogP) is 3.11. The summed E-state index contributed by atoms with van der Waals surface area (Å²) in [6, 6.07) is 0.0895. The van der Waals surface area contributed by atoms with Crippen LogP contribution < -0.4 is 0 Å². The maximum Gasteiger partial charge on any atom is 0.148 e. The van der Waals surface area contributed by atoms with Crippen LogP contribution in [0.2, 0.25) is 0 Å². The van der Waals surface area contributed by atoms with Gasteiger partial charge in [0, 0.05) is 7.11 Å². The summed E-state index contributed by atoms with van der Waals surface area (Å²) in [5.41, 5.74) is -0.471. The van der Waals surface area contributed by atoms with Crippen molar-refractivity contribution in [1.82, 2.24) is 5.06 Å². The number of methoxy groups -OCH3 is 1. The van der Waals surface area contributed by atoms with Crippen molar-refractivity contribution < 1.29 is 9.57 Å². The second-order valence-electron chi connectivity index (χ2n) is 4.42. The Kier molecular flexibility index (Phi) is 4.04. The average molecular weight is 234 g/mol. The van der Waals surface area contributed by atoms with Crippen LogP contribution in [-0.4, -0.2) is 23.9 Å². The van der Waals surface area contributed by atoms with Crippen LogP contribution in [0.5, 0.6) is 0 Å². The highest BCUT2D eigenvalue weighted by atomic mass is 35.5. The number of hydrogen-bond donors (Lipinski definition) is 0. The van der Waals surface area contributed by atoms with Gasteiger partial charge < -0.3 is 9.57 Å². The third-order valence-electron chi connectivity index (χ3n) is 3.03. The highest BCUT2D eigenvalue weighted by Crippen LogP contribution is 2.35. The van der Waals surface area contributed by atoms with E-state index in [0.29, 0.717) is 5.92 Å². The topological polar surface area (TPSA) is 21.7 Å². The molecule has 0 aliphatic carbocycles. The van der Waals surface area contributed by atoms with Gasteiger partial charge in [0.05, 0.1) is 11.1 Å². The summed E-state index contributed by atoms with van der Waals surface area (Å²) in [5, 5.41) is 2.57. The van der Waals surface area contributed by atoms with E-state index in [2.05, 4.69) is 13.8 Å². The normalized spacial score (nSPS) is 24.9. The van der Waals surface area contributed by atoms with E-state index < -0.39 is 5.72 Å². The van der Waals surface area contributed by atoms with Gasteiger partial charge in [-0.3, -0.25) is 0 Å². The standard InChI is InChI=1S/C11H20ClNO2/c1-6-8(2)10-9(12)7-15-13(10)11(3,4)14-5/h7-8,10H,6H2,1-5H3. The number of rotatable bonds is 4. The van der Waals surface area contributed by atoms with Gasteiger partial charge in [-0.1, -0.05) is 31.9 Å². The summed E-state index contributed by atoms with van der Waals surface area (Å²) >= 11 is 6.15. The molecule has 0 spiro atoms. The molecule has 2 atom stereocenters. The molecule has 0 N–H and O–H groups in total. The van der Waals surface area contributed by atoms with Crippen molar-refractivity contribution in [3.8, 4) is 0 Å². The van der Waals surface area contributed by atoms with E-state index >= 15 is 0 Å². The van der Waals surface area contributed by atoms with Crippen LogP contribution in [0.4, 0.5) is 0 Å². The molecule has 0 fully saturated rings. The first-order chi connectivity index (χ1) is 6.94. The summed E-state index contributed by atoms with van der Waals surface area (Å²) < 4.78 is 5.40. The minimum absolute atomic E-state index is 0.0895. The Morgan fingerprint density at radius 1 is 1.67 bits per heavy atom. The lowest BCUT2D eigenvalue weighted by molar-refractivity contribution is -0.268. The minimum atomic E-state index is -0.471. The van der Waals surface area contributed by atoms with E-state index in [0.717, 1.165) is 11.5 Å². The van der Waals surface area contributed by atoms with Gasteiger partial charge >= 0.3 is 0 Å². The molecule has 1 heterocycles. The zero-order valence-corrected chi connectivity index (χ0v) is 10.8. The van der Waals surface area contributed by atoms with E-state index in [9.17, 15) is 0 Å². The second kappa shape index (κ2) is 4.73. The second-order valence-corrected chi connectivity index (χ2v) is 4.85. The Morgan fingerprint density at radius 2 is 2.27 bits per heavy atom. The molecule has 3 nitrogen and oxygen atoms in total. The SMILES string of the molecule is CCC(C)C1C(Cl)=CON1C(C)(C)OC. The van der Waals surface area contributed by atoms with E-state index in [1.54, 1.807) is 13.4 Å². The van der Waals surface area contributed by atoms with Gasteiger partial charge in [-0.15, -0.1) is 5.06 Å². The molecule has 0 aromatic heterocycles. The molecule has 0 radical (unpaired) electrons. The number of nitrogens with zero attached hydrogens (tertiary/aromatic N) is 1. The van der Waals surface area contributed by atoms with E-state index in [1.807, 2.05) is 18.9 Å². The van der Waals surface area contributed by atoms with E-state index in [1.165, 1.54) is 0 Å². The summed E-state index contributed by atoms with van der Waals surface area (Å²) in [6.45, 7) is 8.23. The number of hydroxylamine groups is 2. The Morgan fingerprint density at radius 3 is 2.73 bits per heavy atom. The van der Waals surface area contributed by atoms with Gasteiger partial charge in [0.25, 0.3) is 0 Å². The molecule has 2 unspecified atom stereocenters. The molecule has 4 heteroatoms. The van der Waals surface area contributed by atoms with Crippen LogP contribution in [-0.2, 0) is 9.57 Å². The third-order valence-corrected chi connectivity index (χ3v) is 3.34. The maximum absolute atomic E-state index is 6.15. The van der Waals surface area contributed by atoms with Crippen molar-refractivity contribution in [1.29, 1.82) is 0 Å². The first-order valence-electron chi connectivity index (χ1n) is 5.30. The van der Waals surface area contributed by atoms with Gasteiger partial charge in [-0.25, -0.2) is 0 Å². The van der Waals surface area contributed by atoms with Gasteiger partial charge in [0.15, 0.2) is 0 Å². The Bertz CT molecular complexity index is 253. The Hall–Kier alpha value is -0.250. The predicted molar refractivity (Wildman–Crippen MR) is 61.2 cm³/mol. The highest BCUT2D eigenvalue weighted by molar-refractivity contribution is 6.30. The molecule has 1 aliphatic heterocycles. The lowest BCUT2D eigenvalue weighted by Gasteiger charge is -2.38. The monoisotopic (exact) mass is 233 g/mol. The zero-order valence-electron chi connectivity index (χ0n) is 10.1. The van der Waals surface area contributed by atoms with Crippen molar-refractivity contribution in [2.45, 2.75) is 45.9 Å². The Balaban J connectivity index is 2.84. The molecule has 0 saturated carbocycles. The molecule has 0 bridgehead atoms. The van der Waals surface area contributed by atoms with Crippen LogP contribution in [0.1, 0.15) is 34.1 Å². The zero-order chi connectivity index (χ0) is 11.6. The molecule has 15 heavy (non-hydrogen) atoms. The molecule has 0 aromatic carbocycles. The molecule has 1 rings (SSSR count). The summed E-state index contributed by atoms with van der Waals surface area (Å²) in [5.74, 6) is 0.436. The van der Waals surface area contributed by atoms with Crippen LogP contribution in [0, 0.1) is 5.92 Å². The highest BCUT2D eigenvalue weighted by Gasteiger charge is 2.42. The van der Waals surface area contributed by atoms with Crippen LogP contribution in [0.25, 0.3) is 0 Å². The van der Waals surface area contributed by atoms with Crippen LogP contribution in [0.3, 0.4) is 0 Å². The molecular formula is C11H20ClNO2. The van der Waals surface area contributed by atoms with Gasteiger partial charge in [-0.05, 0) is 19.8 Å². The van der Waals surface area contributed by atoms with Crippen molar-refractivity contribution in [3.05, 3.63) is 11.3 Å². The van der Waals surface area contributed by atoms with E-state index in [-0.39, 0.29) is 6.04 Å². The Labute approximate surface area is 96.9 Å². The maximum atomic E-state index is 6.15. The molecule has 88 valence electrons. The number of ether oxygens (including phenoxy) is 1. The first-order valence-corrected chi connectivity index (χ1v) is 5.68. The third kappa shape index (κ3) is 2.47. The largest absolute Gasteiger partial charge is 0.409 e. The summed E-state index contributed by atoms with van der Waals surface area (Å²) in [6.07, 6.45) is 2.65. The molecule has 1 aliphatic rings. The lowest BCUT2D eigenvalue weighted by atomic mass is 9.98. The fourth-order valence-corrected chi connectivity index (χ4v) is 1.98. The number of halogens is 1. The fraction of sp³-hybridized carbons (Fsp3) is 0.818. The smallest absolute Gasteiger partial charge is 0.148 e. The molecule has 0 saturated heterocycles. The van der Waals surface area contributed by atoms with Crippen molar-refractivity contribution in [3.63, 3.8) is 0 Å². The van der Waals surface area contributed by atoms with Crippen molar-refractivity contribution >= 4 is 11.6 Å². The van der Waals surface area contributed by atoms with Crippen LogP contribution in [0.15, 0.2) is 11.3 Å². The van der Waals surface area contributed by atoms with Crippen molar-refractivity contribution in [2.75, 3.05) is 7.11 Å². The molecule has 0 aromatic rings. The first kappa shape index (κ1) is 12.8. The van der Waals surface area contributed by atoms with Gasteiger partial charge in [-0.2, -0.15) is 0 Å². The molecular weight excluding hydrogens is 214 g/mol. The minimum Gasteiger partial charge on any atom is -0.409 e. The summed E-state index contributed by atoms with van der Waals surface area (Å²) in [7, 11) is 1.67. The summed E-state index contributed by atoms with van der Waals surface area (Å²) in [4.78, 5) is 5.47. The quantitative estimate of drug-likeness (QED) is 0.745. The molecule has 0 amide bonds. The lowest BCUT2D eigenvalue weighted by Crippen LogP contribution is -2.50. The van der Waals surface area contributed by atoms with Crippen molar-refractivity contribution in [2.24, 2.45) is 5.92 Å². The average Bonchev–Trinajstić information content (AvgIpc) is 2.59. The number of hydrogen-bond acceptors (Lipinski definition) is 3.